The molecule has 548 valence electrons. The number of primary amides is 1. The van der Waals surface area contributed by atoms with Crippen LogP contribution in [0.15, 0.2) is 54.6 Å². The van der Waals surface area contributed by atoms with Gasteiger partial charge in [0.25, 0.3) is 0 Å². The molecular weight excluding hydrogens is 1260 g/mol. The number of hydrogen-bond donors (Lipinski definition) is 9. The summed E-state index contributed by atoms with van der Waals surface area (Å²) >= 11 is 0. The highest BCUT2D eigenvalue weighted by molar-refractivity contribution is 5.98. The fraction of sp³-hybridized carbons (Fsp3) is 0.696. The van der Waals surface area contributed by atoms with E-state index in [1.807, 2.05) is 45.9 Å². The van der Waals surface area contributed by atoms with Gasteiger partial charge in [0.05, 0.1) is 89.2 Å². The van der Waals surface area contributed by atoms with Gasteiger partial charge >= 0.3 is 12.1 Å². The summed E-state index contributed by atoms with van der Waals surface area (Å²) < 4.78 is 39.4. The number of nitrogens with one attached hydrogen (secondary N) is 6. The predicted molar refractivity (Wildman–Crippen MR) is 364 cm³/mol. The maximum atomic E-state index is 14.8. The van der Waals surface area contributed by atoms with E-state index in [9.17, 15) is 48.3 Å². The van der Waals surface area contributed by atoms with E-state index < -0.39 is 126 Å². The summed E-state index contributed by atoms with van der Waals surface area (Å²) in [6, 6.07) is 9.23. The maximum Gasteiger partial charge on any atom is 0.410 e. The molecule has 0 aromatic heterocycles. The van der Waals surface area contributed by atoms with Crippen LogP contribution in [0.2, 0.25) is 0 Å². The molecule has 3 rings (SSSR count). The second kappa shape index (κ2) is 44.9. The van der Waals surface area contributed by atoms with Crippen molar-refractivity contribution in [2.75, 3.05) is 99.6 Å². The molecule has 1 aliphatic rings. The first-order valence-electron chi connectivity index (χ1n) is 33.9. The number of ketones is 1. The lowest BCUT2D eigenvalue weighted by Gasteiger charge is -2.40. The minimum Gasteiger partial charge on any atom is -0.445 e. The van der Waals surface area contributed by atoms with E-state index in [1.54, 1.807) is 97.0 Å². The molecule has 1 saturated carbocycles. The largest absolute Gasteiger partial charge is 0.445 e. The fourth-order valence-electron chi connectivity index (χ4n) is 12.0. The summed E-state index contributed by atoms with van der Waals surface area (Å²) in [6.45, 7) is 20.0. The molecule has 11 N–H and O–H groups in total. The number of aliphatic hydroxyl groups excluding tert-OH is 1. The van der Waals surface area contributed by atoms with Crippen LogP contribution in [-0.4, -0.2) is 211 Å². The Morgan fingerprint density at radius 2 is 1.26 bits per heavy atom. The van der Waals surface area contributed by atoms with Gasteiger partial charge in [-0.05, 0) is 85.5 Å². The lowest BCUT2D eigenvalue weighted by molar-refractivity contribution is -0.145. The molecule has 0 bridgehead atoms. The molecule has 3 unspecified atom stereocenters. The summed E-state index contributed by atoms with van der Waals surface area (Å²) in [5.74, 6) is -0.971. The van der Waals surface area contributed by atoms with Gasteiger partial charge in [-0.2, -0.15) is 0 Å². The summed E-state index contributed by atoms with van der Waals surface area (Å²) in [6.07, 6.45) is -0.119. The van der Waals surface area contributed by atoms with Gasteiger partial charge in [0.2, 0.25) is 35.4 Å². The van der Waals surface area contributed by atoms with Gasteiger partial charge in [-0.3, -0.25) is 38.5 Å². The van der Waals surface area contributed by atoms with E-state index in [0.29, 0.717) is 69.1 Å². The van der Waals surface area contributed by atoms with E-state index in [1.165, 1.54) is 19.1 Å². The molecule has 1 aliphatic carbocycles. The zero-order chi connectivity index (χ0) is 72.3. The van der Waals surface area contributed by atoms with Crippen molar-refractivity contribution >= 4 is 59.0 Å². The van der Waals surface area contributed by atoms with Crippen LogP contribution in [0.1, 0.15) is 131 Å². The van der Waals surface area contributed by atoms with Gasteiger partial charge in [0.15, 0.2) is 0 Å². The van der Waals surface area contributed by atoms with Crippen LogP contribution in [0.3, 0.4) is 0 Å². The van der Waals surface area contributed by atoms with Crippen molar-refractivity contribution in [3.8, 4) is 0 Å². The quantitative estimate of drug-likeness (QED) is 0.0324. The average molecular weight is 1370 g/mol. The molecular formula is C69H114N10O18. The highest BCUT2D eigenvalue weighted by atomic mass is 16.6. The summed E-state index contributed by atoms with van der Waals surface area (Å²) in [4.78, 5) is 130. The van der Waals surface area contributed by atoms with E-state index >= 15 is 0 Å². The Balaban J connectivity index is 1.64. The molecule has 97 heavy (non-hydrogen) atoms. The highest BCUT2D eigenvalue weighted by Crippen LogP contribution is 2.40. The Morgan fingerprint density at radius 3 is 1.80 bits per heavy atom. The van der Waals surface area contributed by atoms with Crippen LogP contribution in [0.5, 0.6) is 0 Å². The van der Waals surface area contributed by atoms with Gasteiger partial charge in [0, 0.05) is 52.9 Å². The second-order valence-electron chi connectivity index (χ2n) is 25.9. The second-order valence-corrected chi connectivity index (χ2v) is 25.9. The number of urea groups is 1. The Morgan fingerprint density at radius 1 is 0.660 bits per heavy atom. The predicted octanol–water partition coefficient (Wildman–Crippen LogP) is 4.54. The molecule has 0 aliphatic heterocycles. The molecule has 2 aromatic carbocycles. The number of Topliss-reactive ketones (excluding diaryl/α,β-unsaturated/α-hetero) is 1. The number of carbonyl (C=O) groups is 9. The Hall–Kier alpha value is -6.89. The van der Waals surface area contributed by atoms with Crippen molar-refractivity contribution in [3.05, 3.63) is 65.7 Å². The molecule has 0 heterocycles. The van der Waals surface area contributed by atoms with Gasteiger partial charge in [-0.1, -0.05) is 118 Å². The van der Waals surface area contributed by atoms with Crippen LogP contribution in [0.4, 0.5) is 15.3 Å². The molecule has 13 atom stereocenters. The van der Waals surface area contributed by atoms with Crippen LogP contribution < -0.4 is 43.5 Å². The number of nitrogens with zero attached hydrogens (tertiary/aromatic N) is 2. The van der Waals surface area contributed by atoms with Crippen molar-refractivity contribution in [1.82, 2.24) is 36.4 Å². The number of carbonyl (C=O) groups excluding carboxylic acids is 9. The zero-order valence-electron chi connectivity index (χ0n) is 59.6. The summed E-state index contributed by atoms with van der Waals surface area (Å²) in [5, 5.41) is 27.6. The third kappa shape index (κ3) is 28.5. The van der Waals surface area contributed by atoms with Gasteiger partial charge < -0.3 is 85.6 Å². The third-order valence-electron chi connectivity index (χ3n) is 17.7. The number of rotatable bonds is 47. The van der Waals surface area contributed by atoms with Crippen LogP contribution in [-0.2, 0) is 78.2 Å². The SMILES string of the molecule is CC[C@H](C)[C@@H]([C@@H](CC(=O)C1CCC[C@H]1[C@H](OC)[C@@H](C)C(=O)N[C@H](C)[C@@H](O)c1ccccc1)OC)N(C)C(=O)[C@@H](NC(=O)[C@H](C(C)C)N(C)C(=O)OCc1ccc(NC(=O)C(CCCNC(N)=O)NC(=O)C(NC(=O)COCCOCCOCCOCCON)C(C)C)cc1)C(C)C. The number of likely N-dealkylation sites (N-methyl/N-ethyl adjacent to an activating group) is 2. The number of hydrogen-bond acceptors (Lipinski definition) is 19. The molecule has 0 radical (unpaired) electrons. The average Bonchev–Trinajstić information content (AvgIpc) is 1.23. The van der Waals surface area contributed by atoms with Crippen molar-refractivity contribution in [2.45, 2.75) is 175 Å². The standard InChI is InChI=1S/C69H114N10O18/c1-15-45(8)60(55(90-13)39-54(80)51-23-19-24-52(51)62(91-14)46(9)63(83)73-47(10)61(82)49-21-17-16-18-22-49)78(11)67(87)58(43(4)5)77-66(86)59(44(6)7)79(12)69(89)96-40-48-26-28-50(29-27-48)74-64(84)53(25-20-30-72-68(70)88)75-65(85)57(42(2)3)76-56(81)41-95-36-35-93-32-31-92-33-34-94-37-38-97-71/h16-18,21-22,26-29,42-47,51-53,55,57-62,82H,15,19-20,23-25,30-41,71H2,1-14H3,(H,73,83)(H,74,84)(H,75,85)(H,76,81)(H,77,86)(H3,70,72,88)/t45-,46+,47+,51?,52+,53?,55+,57?,58-,59-,60-,61+,62+/m0/s1. The van der Waals surface area contributed by atoms with Gasteiger partial charge in [-0.15, -0.1) is 0 Å². The molecule has 9 amide bonds. The summed E-state index contributed by atoms with van der Waals surface area (Å²) in [5.41, 5.74) is 6.79. The molecule has 0 saturated heterocycles. The first kappa shape index (κ1) is 84.3. The van der Waals surface area contributed by atoms with E-state index in [-0.39, 0.29) is 82.4 Å². The van der Waals surface area contributed by atoms with Gasteiger partial charge in [-0.25, -0.2) is 15.5 Å². The number of benzene rings is 2. The van der Waals surface area contributed by atoms with Crippen LogP contribution in [0.25, 0.3) is 0 Å². The van der Waals surface area contributed by atoms with Crippen LogP contribution >= 0.6 is 0 Å². The van der Waals surface area contributed by atoms with Crippen molar-refractivity contribution in [1.29, 1.82) is 0 Å². The Bertz CT molecular complexity index is 2710. The number of methoxy groups -OCH3 is 2. The van der Waals surface area contributed by atoms with Crippen molar-refractivity contribution < 1.29 is 86.3 Å². The Kier molecular flexibility index (Phi) is 39.0. The lowest BCUT2D eigenvalue weighted by atomic mass is 9.79. The fourth-order valence-corrected chi connectivity index (χ4v) is 12.0. The summed E-state index contributed by atoms with van der Waals surface area (Å²) in [7, 11) is 6.15. The number of anilines is 1. The first-order valence-corrected chi connectivity index (χ1v) is 33.9. The number of amides is 9. The third-order valence-corrected chi connectivity index (χ3v) is 17.7. The van der Waals surface area contributed by atoms with Crippen molar-refractivity contribution in [2.24, 2.45) is 53.1 Å². The van der Waals surface area contributed by atoms with Crippen LogP contribution in [0, 0.1) is 41.4 Å². The minimum atomic E-state index is -1.12. The van der Waals surface area contributed by atoms with Crippen molar-refractivity contribution in [3.63, 3.8) is 0 Å². The maximum absolute atomic E-state index is 14.8. The topological polar surface area (TPSA) is 378 Å². The Labute approximate surface area is 573 Å². The van der Waals surface area contributed by atoms with Gasteiger partial charge in [0.1, 0.15) is 43.2 Å². The molecule has 1 fully saturated rings. The van der Waals surface area contributed by atoms with E-state index in [0.717, 1.165) is 6.42 Å². The lowest BCUT2D eigenvalue weighted by Crippen LogP contribution is -2.60. The number of ether oxygens (including phenoxy) is 7. The zero-order valence-corrected chi connectivity index (χ0v) is 59.6. The van der Waals surface area contributed by atoms with E-state index in [4.69, 9.17) is 44.8 Å². The molecule has 28 heteroatoms. The smallest absolute Gasteiger partial charge is 0.410 e. The number of nitrogens with two attached hydrogens (primary N) is 2. The first-order chi connectivity index (χ1) is 46.1. The normalized spacial score (nSPS) is 17.3. The molecule has 28 nitrogen and oxygen atoms in total. The highest BCUT2D eigenvalue weighted by Gasteiger charge is 2.45. The number of aliphatic hydroxyl groups is 1. The van der Waals surface area contributed by atoms with E-state index in [2.05, 4.69) is 36.7 Å². The minimum absolute atomic E-state index is 0.0177. The monoisotopic (exact) mass is 1370 g/mol. The molecule has 0 spiro atoms. The molecule has 2 aromatic rings.